The molecular formula is C20H26O12. The molecule has 1 aliphatic carbocycles. The van der Waals surface area contributed by atoms with Crippen molar-refractivity contribution in [1.29, 1.82) is 0 Å². The van der Waals surface area contributed by atoms with Crippen LogP contribution in [0.4, 0.5) is 0 Å². The van der Waals surface area contributed by atoms with E-state index in [9.17, 15) is 40.2 Å². The number of aliphatic hydroxyl groups excluding tert-OH is 5. The lowest BCUT2D eigenvalue weighted by atomic mass is 9.80. The second kappa shape index (κ2) is 8.37. The van der Waals surface area contributed by atoms with Gasteiger partial charge >= 0.3 is 11.9 Å². The van der Waals surface area contributed by atoms with Gasteiger partial charge in [-0.05, 0) is 25.8 Å². The van der Waals surface area contributed by atoms with Crippen molar-refractivity contribution in [3.05, 3.63) is 23.5 Å². The minimum absolute atomic E-state index is 0.0312. The summed E-state index contributed by atoms with van der Waals surface area (Å²) in [6.07, 6.45) is -7.06. The van der Waals surface area contributed by atoms with E-state index in [1.165, 1.54) is 13.0 Å². The zero-order valence-corrected chi connectivity index (χ0v) is 17.1. The van der Waals surface area contributed by atoms with Crippen molar-refractivity contribution in [2.24, 2.45) is 11.8 Å². The molecule has 1 saturated heterocycles. The minimum atomic E-state index is -1.70. The Balaban J connectivity index is 1.66. The monoisotopic (exact) mass is 458 g/mol. The Morgan fingerprint density at radius 3 is 2.56 bits per heavy atom. The van der Waals surface area contributed by atoms with Crippen LogP contribution in [0.25, 0.3) is 0 Å². The summed E-state index contributed by atoms with van der Waals surface area (Å²) in [5.41, 5.74) is -1.33. The lowest BCUT2D eigenvalue weighted by Crippen LogP contribution is -2.60. The Labute approximate surface area is 182 Å². The van der Waals surface area contributed by atoms with Crippen molar-refractivity contribution in [2.45, 2.75) is 68.5 Å². The van der Waals surface area contributed by atoms with Crippen LogP contribution in [0.5, 0.6) is 0 Å². The van der Waals surface area contributed by atoms with Crippen LogP contribution < -0.4 is 0 Å². The molecule has 4 rings (SSSR count). The highest BCUT2D eigenvalue weighted by atomic mass is 16.8. The third-order valence-corrected chi connectivity index (χ3v) is 6.60. The van der Waals surface area contributed by atoms with Crippen molar-refractivity contribution in [3.63, 3.8) is 0 Å². The van der Waals surface area contributed by atoms with E-state index in [-0.39, 0.29) is 17.6 Å². The molecule has 0 bridgehead atoms. The summed E-state index contributed by atoms with van der Waals surface area (Å²) in [6.45, 7) is 0.744. The molecule has 1 spiro atoms. The first-order valence-corrected chi connectivity index (χ1v) is 10.3. The van der Waals surface area contributed by atoms with Crippen molar-refractivity contribution in [1.82, 2.24) is 0 Å². The molecule has 1 saturated carbocycles. The highest BCUT2D eigenvalue weighted by molar-refractivity contribution is 5.93. The van der Waals surface area contributed by atoms with E-state index in [1.807, 2.05) is 0 Å². The molecule has 3 aliphatic heterocycles. The first-order valence-electron chi connectivity index (χ1n) is 10.3. The summed E-state index contributed by atoms with van der Waals surface area (Å²) in [6, 6.07) is 0. The summed E-state index contributed by atoms with van der Waals surface area (Å²) >= 11 is 0. The van der Waals surface area contributed by atoms with Gasteiger partial charge in [0.25, 0.3) is 0 Å². The van der Waals surface area contributed by atoms with Crippen LogP contribution in [0, 0.1) is 11.8 Å². The fourth-order valence-corrected chi connectivity index (χ4v) is 4.95. The summed E-state index contributed by atoms with van der Waals surface area (Å²) in [7, 11) is 0. The van der Waals surface area contributed by atoms with Crippen LogP contribution >= 0.6 is 0 Å². The first-order chi connectivity index (χ1) is 15.1. The molecule has 3 heterocycles. The molecule has 6 N–H and O–H groups in total. The molecule has 0 aromatic carbocycles. The van der Waals surface area contributed by atoms with Gasteiger partial charge in [-0.25, -0.2) is 9.59 Å². The number of aliphatic hydroxyl groups is 5. The second-order valence-electron chi connectivity index (χ2n) is 8.51. The lowest BCUT2D eigenvalue weighted by Gasteiger charge is -2.44. The van der Waals surface area contributed by atoms with Gasteiger partial charge in [-0.15, -0.1) is 0 Å². The molecule has 0 aromatic heterocycles. The van der Waals surface area contributed by atoms with Gasteiger partial charge in [0.05, 0.1) is 36.0 Å². The van der Waals surface area contributed by atoms with E-state index >= 15 is 0 Å². The number of esters is 1. The van der Waals surface area contributed by atoms with E-state index in [4.69, 9.17) is 18.9 Å². The Morgan fingerprint density at radius 1 is 1.25 bits per heavy atom. The lowest BCUT2D eigenvalue weighted by molar-refractivity contribution is -0.345. The van der Waals surface area contributed by atoms with Crippen molar-refractivity contribution < 1.29 is 59.2 Å². The maximum Gasteiger partial charge on any atom is 0.337 e. The fraction of sp³-hybridized carbons (Fsp3) is 0.700. The number of carboxylic acids is 1. The molecule has 0 aromatic rings. The summed E-state index contributed by atoms with van der Waals surface area (Å²) in [5.74, 6) is -3.47. The Kier molecular flexibility index (Phi) is 6.05. The Morgan fingerprint density at radius 2 is 1.97 bits per heavy atom. The second-order valence-corrected chi connectivity index (χ2v) is 8.51. The van der Waals surface area contributed by atoms with E-state index in [0.29, 0.717) is 6.42 Å². The number of fused-ring (bicyclic) bond motifs is 2. The average Bonchev–Trinajstić information content (AvgIpc) is 3.28. The van der Waals surface area contributed by atoms with Crippen LogP contribution in [0.15, 0.2) is 23.5 Å². The molecule has 178 valence electrons. The zero-order chi connectivity index (χ0) is 23.4. The molecule has 0 amide bonds. The van der Waals surface area contributed by atoms with Gasteiger partial charge < -0.3 is 49.6 Å². The SMILES string of the molecule is C[C@H](O)C1=CC2(CC[C@@H]3C(C(=O)O)=CO[C@@H](O[C@@H]4O[C@H](CO)[C@@H](O)[C@H](O)[C@H]4O)[C@@H]32)OC1=O. The van der Waals surface area contributed by atoms with E-state index in [0.717, 1.165) is 6.26 Å². The highest BCUT2D eigenvalue weighted by Gasteiger charge is 2.61. The highest BCUT2D eigenvalue weighted by Crippen LogP contribution is 2.54. The predicted molar refractivity (Wildman–Crippen MR) is 100 cm³/mol. The van der Waals surface area contributed by atoms with Gasteiger partial charge in [0, 0.05) is 5.92 Å². The molecule has 4 aliphatic rings. The van der Waals surface area contributed by atoms with Crippen molar-refractivity contribution in [2.75, 3.05) is 6.61 Å². The van der Waals surface area contributed by atoms with Crippen LogP contribution in [-0.4, -0.2) is 97.9 Å². The normalized spacial score (nSPS) is 44.4. The van der Waals surface area contributed by atoms with E-state index in [2.05, 4.69) is 0 Å². The minimum Gasteiger partial charge on any atom is -0.478 e. The quantitative estimate of drug-likeness (QED) is 0.243. The predicted octanol–water partition coefficient (Wildman–Crippen LogP) is -2.24. The molecule has 10 atom stereocenters. The van der Waals surface area contributed by atoms with Crippen LogP contribution in [-0.2, 0) is 28.5 Å². The van der Waals surface area contributed by atoms with Gasteiger partial charge in [0.2, 0.25) is 6.29 Å². The first kappa shape index (κ1) is 23.1. The molecule has 2 fully saturated rings. The number of carbonyl (C=O) groups excluding carboxylic acids is 1. The smallest absolute Gasteiger partial charge is 0.337 e. The van der Waals surface area contributed by atoms with Gasteiger partial charge in [-0.3, -0.25) is 0 Å². The number of aliphatic carboxylic acids is 1. The Hall–Kier alpha value is -2.06. The van der Waals surface area contributed by atoms with Crippen LogP contribution in [0.3, 0.4) is 0 Å². The Bertz CT molecular complexity index is 834. The number of ether oxygens (including phenoxy) is 4. The molecule has 12 heteroatoms. The maximum absolute atomic E-state index is 12.4. The van der Waals surface area contributed by atoms with Gasteiger partial charge in [0.1, 0.15) is 30.0 Å². The summed E-state index contributed by atoms with van der Waals surface area (Å²) in [4.78, 5) is 24.1. The number of hydrogen-bond acceptors (Lipinski definition) is 11. The van der Waals surface area contributed by atoms with Crippen LogP contribution in [0.1, 0.15) is 19.8 Å². The molecule has 32 heavy (non-hydrogen) atoms. The summed E-state index contributed by atoms with van der Waals surface area (Å²) < 4.78 is 22.3. The van der Waals surface area contributed by atoms with Crippen LogP contribution in [0.2, 0.25) is 0 Å². The largest absolute Gasteiger partial charge is 0.478 e. The number of carboxylic acid groups (broad SMARTS) is 1. The number of carbonyl (C=O) groups is 2. The standard InChI is InChI=1S/C20H26O12/c1-7(22)9-4-20(32-17(9)28)3-2-8-10(16(26)27)6-29-18(12(8)20)31-19-15(25)14(24)13(23)11(5-21)30-19/h4,6-8,11-15,18-19,21-25H,2-3,5H2,1H3,(H,26,27)/t7-,8+,11+,12+,13+,14-,15+,18-,19-,20?/m0/s1. The third-order valence-electron chi connectivity index (χ3n) is 6.60. The topological polar surface area (TPSA) is 192 Å². The molecule has 12 nitrogen and oxygen atoms in total. The van der Waals surface area contributed by atoms with Gasteiger partial charge in [-0.1, -0.05) is 0 Å². The van der Waals surface area contributed by atoms with Gasteiger partial charge in [-0.2, -0.15) is 0 Å². The number of hydrogen-bond donors (Lipinski definition) is 6. The van der Waals surface area contributed by atoms with Crippen molar-refractivity contribution >= 4 is 11.9 Å². The molecule has 1 unspecified atom stereocenters. The van der Waals surface area contributed by atoms with E-state index in [1.54, 1.807) is 0 Å². The maximum atomic E-state index is 12.4. The molecule has 0 radical (unpaired) electrons. The van der Waals surface area contributed by atoms with Crippen molar-refractivity contribution in [3.8, 4) is 0 Å². The zero-order valence-electron chi connectivity index (χ0n) is 17.1. The molecular weight excluding hydrogens is 432 g/mol. The third kappa shape index (κ3) is 3.61. The summed E-state index contributed by atoms with van der Waals surface area (Å²) in [5, 5.41) is 59.2. The average molecular weight is 458 g/mol. The fourth-order valence-electron chi connectivity index (χ4n) is 4.95. The van der Waals surface area contributed by atoms with Gasteiger partial charge in [0.15, 0.2) is 6.29 Å². The van der Waals surface area contributed by atoms with E-state index < -0.39 is 79.1 Å². The number of rotatable bonds is 5.